The molecule has 0 aromatic heterocycles. The van der Waals surface area contributed by atoms with E-state index in [2.05, 4.69) is 11.4 Å². The first-order valence-corrected chi connectivity index (χ1v) is 11.4. The number of nitrogens with one attached hydrogen (secondary N) is 1. The molecular weight excluding hydrogens is 366 g/mol. The van der Waals surface area contributed by atoms with E-state index < -0.39 is 5.60 Å². The molecule has 0 saturated heterocycles. The summed E-state index contributed by atoms with van der Waals surface area (Å²) in [5, 5.41) is 12.1. The highest BCUT2D eigenvalue weighted by atomic mass is 16.6. The fraction of sp³-hybridized carbons (Fsp3) is 0.870. The number of nitrogens with zero attached hydrogens (tertiary/aromatic N) is 2. The van der Waals surface area contributed by atoms with Gasteiger partial charge in [-0.25, -0.2) is 4.79 Å². The maximum atomic E-state index is 13.2. The molecule has 0 heterocycles. The highest BCUT2D eigenvalue weighted by Gasteiger charge is 2.33. The largest absolute Gasteiger partial charge is 0.444 e. The Hall–Kier alpha value is -1.77. The van der Waals surface area contributed by atoms with Gasteiger partial charge in [-0.05, 0) is 65.2 Å². The lowest BCUT2D eigenvalue weighted by Gasteiger charge is -2.37. The van der Waals surface area contributed by atoms with E-state index in [-0.39, 0.29) is 30.5 Å². The molecule has 2 aliphatic rings. The summed E-state index contributed by atoms with van der Waals surface area (Å²) in [5.74, 6) is 0.784. The molecule has 1 N–H and O–H groups in total. The van der Waals surface area contributed by atoms with Crippen LogP contribution in [0.4, 0.5) is 4.79 Å². The summed E-state index contributed by atoms with van der Waals surface area (Å²) in [5.41, 5.74) is -0.478. The molecule has 0 radical (unpaired) electrons. The van der Waals surface area contributed by atoms with Gasteiger partial charge in [0.15, 0.2) is 0 Å². The number of alkyl carbamates (subject to hydrolysis) is 1. The third kappa shape index (κ3) is 8.24. The predicted molar refractivity (Wildman–Crippen MR) is 113 cm³/mol. The van der Waals surface area contributed by atoms with E-state index in [0.29, 0.717) is 12.5 Å². The van der Waals surface area contributed by atoms with Crippen LogP contribution in [0, 0.1) is 23.2 Å². The van der Waals surface area contributed by atoms with Gasteiger partial charge in [-0.15, -0.1) is 0 Å². The van der Waals surface area contributed by atoms with Crippen LogP contribution in [0.25, 0.3) is 0 Å². The minimum Gasteiger partial charge on any atom is -0.444 e. The molecule has 2 unspecified atom stereocenters. The fourth-order valence-corrected chi connectivity index (χ4v) is 4.76. The van der Waals surface area contributed by atoms with E-state index >= 15 is 0 Å². The third-order valence-electron chi connectivity index (χ3n) is 6.13. The second kappa shape index (κ2) is 11.4. The number of nitriles is 1. The molecule has 29 heavy (non-hydrogen) atoms. The Bertz CT molecular complexity index is 573. The number of rotatable bonds is 7. The van der Waals surface area contributed by atoms with Crippen molar-refractivity contribution in [1.29, 1.82) is 5.26 Å². The average molecular weight is 406 g/mol. The van der Waals surface area contributed by atoms with Crippen molar-refractivity contribution in [2.75, 3.05) is 13.1 Å². The SMILES string of the molecule is CC(C)(C)OC(=O)NCCCC1CCCC(C(=O)N(CC#N)C2CCCCC2)C1. The van der Waals surface area contributed by atoms with Crippen LogP contribution in [-0.4, -0.2) is 41.6 Å². The molecule has 2 saturated carbocycles. The first-order valence-electron chi connectivity index (χ1n) is 11.4. The van der Waals surface area contributed by atoms with E-state index in [4.69, 9.17) is 4.74 Å². The van der Waals surface area contributed by atoms with Gasteiger partial charge in [0.05, 0.1) is 6.07 Å². The zero-order chi connectivity index (χ0) is 21.3. The lowest BCUT2D eigenvalue weighted by molar-refractivity contribution is -0.139. The molecule has 2 atom stereocenters. The van der Waals surface area contributed by atoms with Crippen LogP contribution in [0.3, 0.4) is 0 Å². The van der Waals surface area contributed by atoms with Crippen LogP contribution in [0.5, 0.6) is 0 Å². The van der Waals surface area contributed by atoms with Gasteiger partial charge in [-0.2, -0.15) is 5.26 Å². The molecule has 0 aromatic rings. The zero-order valence-electron chi connectivity index (χ0n) is 18.5. The van der Waals surface area contributed by atoms with Crippen LogP contribution < -0.4 is 5.32 Å². The van der Waals surface area contributed by atoms with Crippen molar-refractivity contribution in [2.45, 2.75) is 103 Å². The van der Waals surface area contributed by atoms with E-state index in [1.807, 2.05) is 25.7 Å². The number of ether oxygens (including phenoxy) is 1. The summed E-state index contributed by atoms with van der Waals surface area (Å²) in [4.78, 5) is 26.8. The van der Waals surface area contributed by atoms with Crippen molar-refractivity contribution in [3.63, 3.8) is 0 Å². The van der Waals surface area contributed by atoms with Gasteiger partial charge in [0, 0.05) is 18.5 Å². The van der Waals surface area contributed by atoms with E-state index in [1.165, 1.54) is 6.42 Å². The van der Waals surface area contributed by atoms with Crippen molar-refractivity contribution in [3.05, 3.63) is 0 Å². The quantitative estimate of drug-likeness (QED) is 0.488. The standard InChI is InChI=1S/C23H39N3O3/c1-23(2,3)29-22(28)25-15-8-10-18-9-7-11-19(17-18)21(27)26(16-14-24)20-12-5-4-6-13-20/h18-20H,4-13,15-17H2,1-3H3,(H,25,28). The maximum Gasteiger partial charge on any atom is 0.407 e. The van der Waals surface area contributed by atoms with Crippen molar-refractivity contribution in [3.8, 4) is 6.07 Å². The van der Waals surface area contributed by atoms with Gasteiger partial charge in [0.2, 0.25) is 5.91 Å². The second-order valence-corrected chi connectivity index (χ2v) is 9.72. The summed E-state index contributed by atoms with van der Waals surface area (Å²) < 4.78 is 5.26. The lowest BCUT2D eigenvalue weighted by atomic mass is 9.78. The van der Waals surface area contributed by atoms with Crippen molar-refractivity contribution >= 4 is 12.0 Å². The Kier molecular flexibility index (Phi) is 9.26. The van der Waals surface area contributed by atoms with Gasteiger partial charge in [0.1, 0.15) is 12.1 Å². The molecule has 2 aliphatic carbocycles. The fourth-order valence-electron chi connectivity index (χ4n) is 4.76. The third-order valence-corrected chi connectivity index (χ3v) is 6.13. The molecule has 0 bridgehead atoms. The Morgan fingerprint density at radius 2 is 1.83 bits per heavy atom. The summed E-state index contributed by atoms with van der Waals surface area (Å²) >= 11 is 0. The number of carbonyl (C=O) groups is 2. The average Bonchev–Trinajstić information content (AvgIpc) is 2.68. The predicted octanol–water partition coefficient (Wildman–Crippen LogP) is 4.78. The normalized spacial score (nSPS) is 23.1. The molecule has 2 rings (SSSR count). The van der Waals surface area contributed by atoms with E-state index in [9.17, 15) is 14.9 Å². The minimum absolute atomic E-state index is 0.0582. The summed E-state index contributed by atoms with van der Waals surface area (Å²) in [6, 6.07) is 2.48. The van der Waals surface area contributed by atoms with E-state index in [1.54, 1.807) is 0 Å². The van der Waals surface area contributed by atoms with Gasteiger partial charge in [0.25, 0.3) is 0 Å². The van der Waals surface area contributed by atoms with Crippen LogP contribution in [0.15, 0.2) is 0 Å². The van der Waals surface area contributed by atoms with Gasteiger partial charge in [-0.3, -0.25) is 4.79 Å². The summed E-state index contributed by atoms with van der Waals surface area (Å²) in [6.07, 6.45) is 11.3. The topological polar surface area (TPSA) is 82.4 Å². The summed E-state index contributed by atoms with van der Waals surface area (Å²) in [6.45, 7) is 6.40. The summed E-state index contributed by atoms with van der Waals surface area (Å²) in [7, 11) is 0. The van der Waals surface area contributed by atoms with Crippen molar-refractivity contribution < 1.29 is 14.3 Å². The van der Waals surface area contributed by atoms with Crippen molar-refractivity contribution in [1.82, 2.24) is 10.2 Å². The molecule has 164 valence electrons. The van der Waals surface area contributed by atoms with Gasteiger partial charge < -0.3 is 15.0 Å². The monoisotopic (exact) mass is 405 g/mol. The molecular formula is C23H39N3O3. The van der Waals surface area contributed by atoms with E-state index in [0.717, 1.165) is 64.2 Å². The molecule has 2 amide bonds. The van der Waals surface area contributed by atoms with Gasteiger partial charge >= 0.3 is 6.09 Å². The molecule has 0 aromatic carbocycles. The molecule has 6 nitrogen and oxygen atoms in total. The Morgan fingerprint density at radius 1 is 1.10 bits per heavy atom. The lowest BCUT2D eigenvalue weighted by Crippen LogP contribution is -2.45. The van der Waals surface area contributed by atoms with Crippen molar-refractivity contribution in [2.24, 2.45) is 11.8 Å². The molecule has 6 heteroatoms. The molecule has 0 spiro atoms. The zero-order valence-corrected chi connectivity index (χ0v) is 18.5. The van der Waals surface area contributed by atoms with Crippen LogP contribution >= 0.6 is 0 Å². The van der Waals surface area contributed by atoms with Crippen LogP contribution in [0.1, 0.15) is 91.4 Å². The van der Waals surface area contributed by atoms with Crippen LogP contribution in [0.2, 0.25) is 0 Å². The minimum atomic E-state index is -0.478. The highest BCUT2D eigenvalue weighted by molar-refractivity contribution is 5.79. The number of hydrogen-bond acceptors (Lipinski definition) is 4. The Labute approximate surface area is 176 Å². The molecule has 2 fully saturated rings. The Morgan fingerprint density at radius 3 is 2.48 bits per heavy atom. The van der Waals surface area contributed by atoms with Gasteiger partial charge in [-0.1, -0.05) is 32.1 Å². The number of amides is 2. The highest BCUT2D eigenvalue weighted by Crippen LogP contribution is 2.34. The smallest absolute Gasteiger partial charge is 0.407 e. The second-order valence-electron chi connectivity index (χ2n) is 9.72. The van der Waals surface area contributed by atoms with Crippen LogP contribution in [-0.2, 0) is 9.53 Å². The first-order chi connectivity index (χ1) is 13.8. The first kappa shape index (κ1) is 23.5. The molecule has 0 aliphatic heterocycles. The number of hydrogen-bond donors (Lipinski definition) is 1. The Balaban J connectivity index is 1.77. The number of carbonyl (C=O) groups excluding carboxylic acids is 2. The maximum absolute atomic E-state index is 13.2.